The Morgan fingerprint density at radius 3 is 1.35 bits per heavy atom. The van der Waals surface area contributed by atoms with Gasteiger partial charge in [0.1, 0.15) is 0 Å². The molecule has 0 aromatic heterocycles. The summed E-state index contributed by atoms with van der Waals surface area (Å²) in [6, 6.07) is 0. The summed E-state index contributed by atoms with van der Waals surface area (Å²) < 4.78 is 1.72. The van der Waals surface area contributed by atoms with Gasteiger partial charge in [-0.05, 0) is 19.3 Å². The fourth-order valence-corrected chi connectivity index (χ4v) is 3.37. The normalized spacial score (nSPS) is 13.2. The second-order valence-corrected chi connectivity index (χ2v) is 11.6. The average Bonchev–Trinajstić information content (AvgIpc) is 2.96. The molecule has 0 spiro atoms. The van der Waals surface area contributed by atoms with Gasteiger partial charge in [0.25, 0.3) is 0 Å². The molecule has 1 aliphatic carbocycles. The molecule has 0 unspecified atom stereocenters. The Kier molecular flexibility index (Phi) is 21.4. The number of allylic oxidation sites excluding steroid dienone is 4. The van der Waals surface area contributed by atoms with Crippen molar-refractivity contribution in [3.63, 3.8) is 0 Å². The van der Waals surface area contributed by atoms with Crippen molar-refractivity contribution in [2.45, 2.75) is 110 Å². The van der Waals surface area contributed by atoms with Crippen LogP contribution in [0.25, 0.3) is 0 Å². The molecule has 0 aliphatic heterocycles. The molecule has 0 bridgehead atoms. The molecule has 0 amide bonds. The van der Waals surface area contributed by atoms with Crippen molar-refractivity contribution in [2.24, 2.45) is 0 Å². The van der Waals surface area contributed by atoms with Gasteiger partial charge in [0.15, 0.2) is 0 Å². The van der Waals surface area contributed by atoms with Crippen molar-refractivity contribution < 1.29 is 39.7 Å². The van der Waals surface area contributed by atoms with Gasteiger partial charge in [-0.25, -0.2) is 0 Å². The zero-order valence-corrected chi connectivity index (χ0v) is 24.8. The first-order valence-corrected chi connectivity index (χ1v) is 12.9. The van der Waals surface area contributed by atoms with Crippen molar-refractivity contribution in [3.8, 4) is 0 Å². The molecule has 0 atom stereocenters. The van der Waals surface area contributed by atoms with Crippen LogP contribution in [-0.4, -0.2) is 16.8 Å². The van der Waals surface area contributed by atoms with Crippen LogP contribution in [0.4, 0.5) is 0 Å². The van der Waals surface area contributed by atoms with E-state index in [1.54, 1.807) is 68.7 Å². The first kappa shape index (κ1) is 35.0. The molecule has 4 heteroatoms. The van der Waals surface area contributed by atoms with Crippen LogP contribution in [0.2, 0.25) is 0 Å². The summed E-state index contributed by atoms with van der Waals surface area (Å²) in [5, 5.41) is 31.9. The average molecular weight is 597 g/mol. The summed E-state index contributed by atoms with van der Waals surface area (Å²) in [5.74, 6) is 0. The van der Waals surface area contributed by atoms with Crippen LogP contribution in [0.3, 0.4) is 0 Å². The quantitative estimate of drug-likeness (QED) is 0.277. The topological polar surface area (TPSA) is 69.2 Å². The van der Waals surface area contributed by atoms with Crippen LogP contribution in [0, 0.1) is 0 Å². The Morgan fingerprint density at radius 2 is 1.19 bits per heavy atom. The molecule has 176 valence electrons. The standard InChI is InChI=1S/C9H13.3C6H11O.Hf/c1-2-3-6-9-7-4-5-8-9;3*1-4-5-6(2,3)7;/h4,7H,2-3,5-6H2,1H3;3*4H,1,5H2,2-3H3;/q;3*-1;+3. The molecular weight excluding hydrogens is 551 g/mol. The Morgan fingerprint density at radius 1 is 0.839 bits per heavy atom. The third-order valence-corrected chi connectivity index (χ3v) is 5.62. The van der Waals surface area contributed by atoms with Crippen LogP contribution in [0.15, 0.2) is 59.0 Å². The zero-order valence-electron chi connectivity index (χ0n) is 21.2. The van der Waals surface area contributed by atoms with Crippen LogP contribution < -0.4 is 15.3 Å². The van der Waals surface area contributed by atoms with E-state index in [2.05, 4.69) is 38.8 Å². The summed E-state index contributed by atoms with van der Waals surface area (Å²) in [6.45, 7) is 22.5. The van der Waals surface area contributed by atoms with E-state index in [1.165, 1.54) is 50.1 Å². The summed E-state index contributed by atoms with van der Waals surface area (Å²) >= 11 is 1.27. The number of hydrogen-bond acceptors (Lipinski definition) is 3. The van der Waals surface area contributed by atoms with Crippen molar-refractivity contribution in [1.82, 2.24) is 0 Å². The first-order valence-electron chi connectivity index (χ1n) is 11.1. The Balaban J connectivity index is -0.000000343. The van der Waals surface area contributed by atoms with Gasteiger partial charge < -0.3 is 15.3 Å². The Labute approximate surface area is 208 Å². The number of hydrogen-bond donors (Lipinski definition) is 0. The third-order valence-electron chi connectivity index (χ3n) is 3.74. The molecule has 1 rings (SSSR count). The molecule has 1 aliphatic rings. The SMILES string of the molecule is C=CCC(C)(C)[O-].C=CCC(C)(C)[O-].C=CCC(C)(C)[O-].CCCCC1=[C]([Hf+3])CC=C1. The van der Waals surface area contributed by atoms with Crippen molar-refractivity contribution in [1.29, 1.82) is 0 Å². The molecule has 0 radical (unpaired) electrons. The number of unbranched alkanes of at least 4 members (excludes halogenated alkanes) is 1. The van der Waals surface area contributed by atoms with E-state index >= 15 is 0 Å². The van der Waals surface area contributed by atoms with E-state index in [1.807, 2.05) is 0 Å². The second kappa shape index (κ2) is 19.0. The predicted molar refractivity (Wildman–Crippen MR) is 127 cm³/mol. The fraction of sp³-hybridized carbons (Fsp3) is 0.630. The minimum atomic E-state index is -0.818. The van der Waals surface area contributed by atoms with Crippen LogP contribution in [-0.2, 0) is 24.4 Å². The van der Waals surface area contributed by atoms with E-state index in [0.29, 0.717) is 19.3 Å². The van der Waals surface area contributed by atoms with Crippen LogP contribution in [0.1, 0.15) is 93.4 Å². The third kappa shape index (κ3) is 34.3. The fourth-order valence-electron chi connectivity index (χ4n) is 2.19. The molecule has 0 heterocycles. The molecule has 0 aromatic rings. The number of rotatable bonds is 9. The monoisotopic (exact) mass is 598 g/mol. The van der Waals surface area contributed by atoms with Gasteiger partial charge >= 0.3 is 78.0 Å². The maximum absolute atomic E-state index is 10.6. The molecule has 0 fully saturated rings. The van der Waals surface area contributed by atoms with Crippen LogP contribution >= 0.6 is 0 Å². The molecule has 0 saturated carbocycles. The first-order chi connectivity index (χ1) is 14.0. The Bertz CT molecular complexity index is 491. The molecule has 31 heavy (non-hydrogen) atoms. The van der Waals surface area contributed by atoms with E-state index in [0.717, 1.165) is 0 Å². The minimum absolute atomic E-state index is 0.549. The zero-order chi connectivity index (χ0) is 25.1. The summed E-state index contributed by atoms with van der Waals surface area (Å²) in [4.78, 5) is 0. The second-order valence-electron chi connectivity index (χ2n) is 9.47. The van der Waals surface area contributed by atoms with Gasteiger partial charge in [-0.3, -0.25) is 0 Å². The van der Waals surface area contributed by atoms with Crippen LogP contribution in [0.5, 0.6) is 0 Å². The van der Waals surface area contributed by atoms with Gasteiger partial charge in [0.05, 0.1) is 0 Å². The molecule has 0 saturated heterocycles. The van der Waals surface area contributed by atoms with Crippen molar-refractivity contribution in [3.05, 3.63) is 59.0 Å². The van der Waals surface area contributed by atoms with Gasteiger partial charge in [-0.15, -0.1) is 36.5 Å². The molecule has 0 aromatic carbocycles. The molecule has 3 nitrogen and oxygen atoms in total. The predicted octanol–water partition coefficient (Wildman–Crippen LogP) is 5.04. The summed E-state index contributed by atoms with van der Waals surface area (Å²) in [6.07, 6.45) is 16.5. The summed E-state index contributed by atoms with van der Waals surface area (Å²) in [7, 11) is 0. The van der Waals surface area contributed by atoms with Gasteiger partial charge in [-0.2, -0.15) is 0 Å². The molecular formula is C27H46HfO3. The molecule has 0 N–H and O–H groups in total. The van der Waals surface area contributed by atoms with Gasteiger partial charge in [0.2, 0.25) is 0 Å². The van der Waals surface area contributed by atoms with Gasteiger partial charge in [-0.1, -0.05) is 59.8 Å². The van der Waals surface area contributed by atoms with Crippen molar-refractivity contribution in [2.75, 3.05) is 0 Å². The van der Waals surface area contributed by atoms with Gasteiger partial charge in [0, 0.05) is 0 Å². The van der Waals surface area contributed by atoms with E-state index in [-0.39, 0.29) is 0 Å². The van der Waals surface area contributed by atoms with E-state index < -0.39 is 16.8 Å². The Hall–Kier alpha value is -0.550. The summed E-state index contributed by atoms with van der Waals surface area (Å²) in [5.41, 5.74) is -0.806. The maximum atomic E-state index is 10.6. The van der Waals surface area contributed by atoms with Crippen molar-refractivity contribution >= 4 is 0 Å². The van der Waals surface area contributed by atoms with E-state index in [9.17, 15) is 15.3 Å². The van der Waals surface area contributed by atoms with E-state index in [4.69, 9.17) is 0 Å².